The lowest BCUT2D eigenvalue weighted by molar-refractivity contribution is 0.823. The number of nitrogens with zero attached hydrogens (tertiary/aromatic N) is 3. The highest BCUT2D eigenvalue weighted by atomic mass is 15.2. The van der Waals surface area contributed by atoms with Crippen molar-refractivity contribution in [2.45, 2.75) is 13.5 Å². The molecule has 1 N–H and O–H groups in total. The van der Waals surface area contributed by atoms with Crippen molar-refractivity contribution in [3.8, 4) is 11.3 Å². The van der Waals surface area contributed by atoms with Crippen LogP contribution in [0.1, 0.15) is 12.5 Å². The normalized spacial score (nSPS) is 13.4. The number of aromatic amines is 1. The summed E-state index contributed by atoms with van der Waals surface area (Å²) in [4.78, 5) is 6.87. The molecule has 0 bridgehead atoms. The largest absolute Gasteiger partial charge is 0.352 e. The summed E-state index contributed by atoms with van der Waals surface area (Å²) in [6.45, 7) is 3.98. The van der Waals surface area contributed by atoms with E-state index in [1.807, 2.05) is 12.3 Å². The van der Waals surface area contributed by atoms with E-state index in [1.165, 1.54) is 11.1 Å². The van der Waals surface area contributed by atoms with Gasteiger partial charge in [0, 0.05) is 24.8 Å². The number of H-pyrrole nitrogens is 1. The Labute approximate surface area is 111 Å². The van der Waals surface area contributed by atoms with E-state index in [-0.39, 0.29) is 0 Å². The molecule has 0 radical (unpaired) electrons. The maximum atomic E-state index is 4.57. The van der Waals surface area contributed by atoms with Gasteiger partial charge in [-0.25, -0.2) is 4.98 Å². The minimum Gasteiger partial charge on any atom is -0.352 e. The molecule has 94 valence electrons. The lowest BCUT2D eigenvalue weighted by Crippen LogP contribution is -2.22. The SMILES string of the molecule is CCN1Cc2ccccc2-c2n[nH]c3ccnc1c23. The van der Waals surface area contributed by atoms with E-state index < -0.39 is 0 Å². The van der Waals surface area contributed by atoms with Crippen LogP contribution in [0.25, 0.3) is 22.2 Å². The molecule has 2 aromatic heterocycles. The molecule has 0 saturated heterocycles. The molecule has 0 aliphatic carbocycles. The zero-order valence-corrected chi connectivity index (χ0v) is 10.7. The lowest BCUT2D eigenvalue weighted by Gasteiger charge is -2.21. The fraction of sp³-hybridized carbons (Fsp3) is 0.200. The zero-order valence-electron chi connectivity index (χ0n) is 10.7. The number of benzene rings is 1. The van der Waals surface area contributed by atoms with Crippen molar-refractivity contribution in [3.63, 3.8) is 0 Å². The van der Waals surface area contributed by atoms with E-state index in [0.717, 1.165) is 35.5 Å². The molecule has 4 rings (SSSR count). The van der Waals surface area contributed by atoms with Crippen LogP contribution in [0, 0.1) is 0 Å². The molecule has 1 aliphatic heterocycles. The predicted molar refractivity (Wildman–Crippen MR) is 76.0 cm³/mol. The minimum absolute atomic E-state index is 0.884. The summed E-state index contributed by atoms with van der Waals surface area (Å²) < 4.78 is 0. The Morgan fingerprint density at radius 2 is 2.16 bits per heavy atom. The summed E-state index contributed by atoms with van der Waals surface area (Å²) in [6.07, 6.45) is 1.85. The Balaban J connectivity index is 2.13. The van der Waals surface area contributed by atoms with Crippen molar-refractivity contribution in [2.24, 2.45) is 0 Å². The van der Waals surface area contributed by atoms with E-state index in [4.69, 9.17) is 0 Å². The molecule has 1 aliphatic rings. The van der Waals surface area contributed by atoms with Crippen LogP contribution in [-0.2, 0) is 6.54 Å². The maximum absolute atomic E-state index is 4.57. The van der Waals surface area contributed by atoms with Gasteiger partial charge in [-0.15, -0.1) is 0 Å². The monoisotopic (exact) mass is 250 g/mol. The van der Waals surface area contributed by atoms with Crippen molar-refractivity contribution >= 4 is 16.7 Å². The van der Waals surface area contributed by atoms with Crippen LogP contribution < -0.4 is 4.90 Å². The van der Waals surface area contributed by atoms with Gasteiger partial charge in [0.1, 0.15) is 11.5 Å². The number of pyridine rings is 1. The van der Waals surface area contributed by atoms with Gasteiger partial charge in [0.25, 0.3) is 0 Å². The zero-order chi connectivity index (χ0) is 12.8. The van der Waals surface area contributed by atoms with E-state index in [1.54, 1.807) is 0 Å². The molecule has 0 atom stereocenters. The lowest BCUT2D eigenvalue weighted by atomic mass is 10.0. The van der Waals surface area contributed by atoms with Gasteiger partial charge in [-0.05, 0) is 18.6 Å². The molecule has 3 aromatic rings. The molecular weight excluding hydrogens is 236 g/mol. The van der Waals surface area contributed by atoms with Gasteiger partial charge in [-0.1, -0.05) is 24.3 Å². The first-order chi connectivity index (χ1) is 9.38. The van der Waals surface area contributed by atoms with E-state index in [2.05, 4.69) is 51.3 Å². The number of hydrogen-bond acceptors (Lipinski definition) is 3. The van der Waals surface area contributed by atoms with E-state index in [9.17, 15) is 0 Å². The minimum atomic E-state index is 0.884. The molecule has 0 unspecified atom stereocenters. The average Bonchev–Trinajstić information content (AvgIpc) is 2.83. The van der Waals surface area contributed by atoms with Crippen molar-refractivity contribution in [3.05, 3.63) is 42.1 Å². The van der Waals surface area contributed by atoms with Crippen LogP contribution in [0.5, 0.6) is 0 Å². The van der Waals surface area contributed by atoms with E-state index >= 15 is 0 Å². The third kappa shape index (κ3) is 1.40. The second-order valence-electron chi connectivity index (χ2n) is 4.80. The molecular formula is C15H14N4. The fourth-order valence-corrected chi connectivity index (χ4v) is 2.82. The summed E-state index contributed by atoms with van der Waals surface area (Å²) in [7, 11) is 0. The van der Waals surface area contributed by atoms with Crippen molar-refractivity contribution in [1.29, 1.82) is 0 Å². The molecule has 0 fully saturated rings. The Hall–Kier alpha value is -2.36. The molecule has 1 aromatic carbocycles. The van der Waals surface area contributed by atoms with Gasteiger partial charge in [0.2, 0.25) is 0 Å². The Kier molecular flexibility index (Phi) is 2.12. The second-order valence-corrected chi connectivity index (χ2v) is 4.80. The standard InChI is InChI=1S/C15H14N4/c1-2-19-9-10-5-3-4-6-11(10)14-13-12(17-18-14)7-8-16-15(13)19/h3-8H,2,9H2,1H3,(H,17,18). The maximum Gasteiger partial charge on any atom is 0.140 e. The first-order valence-corrected chi connectivity index (χ1v) is 6.55. The van der Waals surface area contributed by atoms with Crippen LogP contribution in [0.2, 0.25) is 0 Å². The third-order valence-corrected chi connectivity index (χ3v) is 3.77. The highest BCUT2D eigenvalue weighted by Gasteiger charge is 2.23. The van der Waals surface area contributed by atoms with Gasteiger partial charge in [-0.3, -0.25) is 5.10 Å². The molecule has 4 heteroatoms. The number of anilines is 1. The topological polar surface area (TPSA) is 44.8 Å². The van der Waals surface area contributed by atoms with Crippen LogP contribution in [0.15, 0.2) is 36.5 Å². The fourth-order valence-electron chi connectivity index (χ4n) is 2.82. The van der Waals surface area contributed by atoms with Gasteiger partial charge in [-0.2, -0.15) is 5.10 Å². The van der Waals surface area contributed by atoms with Crippen LogP contribution in [-0.4, -0.2) is 21.7 Å². The Morgan fingerprint density at radius 1 is 1.26 bits per heavy atom. The number of nitrogens with one attached hydrogen (secondary N) is 1. The quantitative estimate of drug-likeness (QED) is 0.722. The molecule has 0 spiro atoms. The van der Waals surface area contributed by atoms with Crippen molar-refractivity contribution in [2.75, 3.05) is 11.4 Å². The smallest absolute Gasteiger partial charge is 0.140 e. The van der Waals surface area contributed by atoms with Gasteiger partial charge >= 0.3 is 0 Å². The number of rotatable bonds is 1. The van der Waals surface area contributed by atoms with E-state index in [0.29, 0.717) is 0 Å². The second kappa shape index (κ2) is 3.82. The number of aromatic nitrogens is 3. The summed E-state index contributed by atoms with van der Waals surface area (Å²) in [5.74, 6) is 1.03. The summed E-state index contributed by atoms with van der Waals surface area (Å²) >= 11 is 0. The Morgan fingerprint density at radius 3 is 3.05 bits per heavy atom. The highest BCUT2D eigenvalue weighted by Crippen LogP contribution is 2.38. The van der Waals surface area contributed by atoms with Crippen LogP contribution in [0.3, 0.4) is 0 Å². The third-order valence-electron chi connectivity index (χ3n) is 3.77. The number of fused-ring (bicyclic) bond motifs is 2. The predicted octanol–water partition coefficient (Wildman–Crippen LogP) is 2.96. The van der Waals surface area contributed by atoms with Gasteiger partial charge in [0.05, 0.1) is 10.9 Å². The Bertz CT molecular complexity index is 760. The van der Waals surface area contributed by atoms with Crippen molar-refractivity contribution < 1.29 is 0 Å². The summed E-state index contributed by atoms with van der Waals surface area (Å²) in [6, 6.07) is 10.4. The number of hydrogen-bond donors (Lipinski definition) is 1. The summed E-state index contributed by atoms with van der Waals surface area (Å²) in [5.41, 5.74) is 4.58. The van der Waals surface area contributed by atoms with Crippen LogP contribution >= 0.6 is 0 Å². The molecule has 19 heavy (non-hydrogen) atoms. The molecule has 0 saturated carbocycles. The summed E-state index contributed by atoms with van der Waals surface area (Å²) in [5, 5.41) is 8.75. The highest BCUT2D eigenvalue weighted by molar-refractivity contribution is 6.02. The first-order valence-electron chi connectivity index (χ1n) is 6.55. The molecule has 0 amide bonds. The first kappa shape index (κ1) is 10.6. The average molecular weight is 250 g/mol. The molecule has 3 heterocycles. The van der Waals surface area contributed by atoms with Gasteiger partial charge < -0.3 is 4.90 Å². The van der Waals surface area contributed by atoms with Gasteiger partial charge in [0.15, 0.2) is 0 Å². The molecule has 4 nitrogen and oxygen atoms in total. The van der Waals surface area contributed by atoms with Crippen molar-refractivity contribution in [1.82, 2.24) is 15.2 Å². The van der Waals surface area contributed by atoms with Crippen LogP contribution in [0.4, 0.5) is 5.82 Å².